The van der Waals surface area contributed by atoms with Crippen LogP contribution in [0, 0.1) is 5.92 Å². The van der Waals surface area contributed by atoms with E-state index >= 15 is 0 Å². The molecule has 110 valence electrons. The first-order valence-electron chi connectivity index (χ1n) is 7.74. The van der Waals surface area contributed by atoms with Gasteiger partial charge >= 0.3 is 0 Å². The molecule has 21 heavy (non-hydrogen) atoms. The summed E-state index contributed by atoms with van der Waals surface area (Å²) in [4.78, 5) is 12.4. The lowest BCUT2D eigenvalue weighted by molar-refractivity contribution is 0.0921. The van der Waals surface area contributed by atoms with Crippen LogP contribution in [0.5, 0.6) is 0 Å². The molecule has 0 radical (unpaired) electrons. The molecule has 3 nitrogen and oxygen atoms in total. The number of nitrogens with one attached hydrogen (secondary N) is 2. The van der Waals surface area contributed by atoms with Crippen molar-refractivity contribution in [3.8, 4) is 0 Å². The molecule has 3 heteroatoms. The second kappa shape index (κ2) is 6.27. The summed E-state index contributed by atoms with van der Waals surface area (Å²) in [5, 5.41) is 8.80. The zero-order valence-electron chi connectivity index (χ0n) is 12.4. The fraction of sp³-hybridized carbons (Fsp3) is 0.389. The van der Waals surface area contributed by atoms with Crippen LogP contribution in [0.25, 0.3) is 10.8 Å². The summed E-state index contributed by atoms with van der Waals surface area (Å²) in [5.41, 5.74) is 0.745. The number of piperidine rings is 1. The van der Waals surface area contributed by atoms with Crippen molar-refractivity contribution in [3.05, 3.63) is 48.0 Å². The van der Waals surface area contributed by atoms with Crippen LogP contribution in [0.2, 0.25) is 0 Å². The standard InChI is InChI=1S/C18H22N2O/c1-13(14-8-10-19-11-9-14)20-18(21)17-7-6-15-4-2-3-5-16(15)12-17/h2-7,12-14,19H,8-11H2,1H3,(H,20,21). The van der Waals surface area contributed by atoms with Gasteiger partial charge in [0, 0.05) is 11.6 Å². The maximum atomic E-state index is 12.4. The average molecular weight is 282 g/mol. The van der Waals surface area contributed by atoms with Crippen LogP contribution in [0.1, 0.15) is 30.1 Å². The normalized spacial score (nSPS) is 17.6. The monoisotopic (exact) mass is 282 g/mol. The first kappa shape index (κ1) is 14.1. The summed E-state index contributed by atoms with van der Waals surface area (Å²) in [6.07, 6.45) is 2.28. The molecule has 0 saturated carbocycles. The van der Waals surface area contributed by atoms with Crippen molar-refractivity contribution in [2.24, 2.45) is 5.92 Å². The Labute approximate surface area is 125 Å². The SMILES string of the molecule is CC(NC(=O)c1ccc2ccccc2c1)C1CCNCC1. The molecule has 0 aromatic heterocycles. The Bertz CT molecular complexity index is 632. The molecular weight excluding hydrogens is 260 g/mol. The van der Waals surface area contributed by atoms with Gasteiger partial charge in [0.25, 0.3) is 5.91 Å². The van der Waals surface area contributed by atoms with Gasteiger partial charge in [-0.3, -0.25) is 4.79 Å². The van der Waals surface area contributed by atoms with E-state index in [0.717, 1.165) is 36.9 Å². The molecular formula is C18H22N2O. The van der Waals surface area contributed by atoms with Gasteiger partial charge in [-0.05, 0) is 61.7 Å². The van der Waals surface area contributed by atoms with Gasteiger partial charge in [0.1, 0.15) is 0 Å². The number of benzene rings is 2. The third kappa shape index (κ3) is 3.24. The molecule has 0 aliphatic carbocycles. The zero-order chi connectivity index (χ0) is 14.7. The van der Waals surface area contributed by atoms with Crippen molar-refractivity contribution < 1.29 is 4.79 Å². The number of carbonyl (C=O) groups excluding carboxylic acids is 1. The lowest BCUT2D eigenvalue weighted by atomic mass is 9.91. The van der Waals surface area contributed by atoms with Crippen LogP contribution in [0.3, 0.4) is 0 Å². The minimum atomic E-state index is 0.0341. The van der Waals surface area contributed by atoms with Crippen molar-refractivity contribution in [2.75, 3.05) is 13.1 Å². The molecule has 1 amide bonds. The van der Waals surface area contributed by atoms with E-state index in [1.807, 2.05) is 36.4 Å². The van der Waals surface area contributed by atoms with E-state index in [2.05, 4.69) is 23.6 Å². The number of fused-ring (bicyclic) bond motifs is 1. The van der Waals surface area contributed by atoms with Crippen LogP contribution in [0.15, 0.2) is 42.5 Å². The molecule has 1 aliphatic rings. The topological polar surface area (TPSA) is 41.1 Å². The Morgan fingerprint density at radius 3 is 2.62 bits per heavy atom. The average Bonchev–Trinajstić information content (AvgIpc) is 2.55. The van der Waals surface area contributed by atoms with Crippen LogP contribution in [-0.2, 0) is 0 Å². The van der Waals surface area contributed by atoms with Crippen LogP contribution >= 0.6 is 0 Å². The van der Waals surface area contributed by atoms with Gasteiger partial charge in [-0.2, -0.15) is 0 Å². The van der Waals surface area contributed by atoms with Crippen molar-refractivity contribution in [1.82, 2.24) is 10.6 Å². The Morgan fingerprint density at radius 1 is 1.14 bits per heavy atom. The molecule has 3 rings (SSSR count). The molecule has 0 spiro atoms. The van der Waals surface area contributed by atoms with Crippen molar-refractivity contribution in [2.45, 2.75) is 25.8 Å². The van der Waals surface area contributed by atoms with Crippen LogP contribution < -0.4 is 10.6 Å². The highest BCUT2D eigenvalue weighted by atomic mass is 16.1. The van der Waals surface area contributed by atoms with Crippen LogP contribution in [0.4, 0.5) is 0 Å². The molecule has 1 heterocycles. The summed E-state index contributed by atoms with van der Waals surface area (Å²) in [7, 11) is 0. The smallest absolute Gasteiger partial charge is 0.251 e. The van der Waals surface area contributed by atoms with E-state index in [4.69, 9.17) is 0 Å². The van der Waals surface area contributed by atoms with Crippen molar-refractivity contribution >= 4 is 16.7 Å². The summed E-state index contributed by atoms with van der Waals surface area (Å²) in [6, 6.07) is 14.2. The number of amides is 1. The predicted octanol–water partition coefficient (Wildman–Crippen LogP) is 2.96. The van der Waals surface area contributed by atoms with E-state index in [1.165, 1.54) is 5.39 Å². The van der Waals surface area contributed by atoms with Crippen molar-refractivity contribution in [1.29, 1.82) is 0 Å². The summed E-state index contributed by atoms with van der Waals surface area (Å²) in [5.74, 6) is 0.613. The summed E-state index contributed by atoms with van der Waals surface area (Å²) < 4.78 is 0. The van der Waals surface area contributed by atoms with Gasteiger partial charge in [0.2, 0.25) is 0 Å². The van der Waals surface area contributed by atoms with Gasteiger partial charge in [0.05, 0.1) is 0 Å². The Morgan fingerprint density at radius 2 is 1.86 bits per heavy atom. The Hall–Kier alpha value is -1.87. The van der Waals surface area contributed by atoms with Crippen molar-refractivity contribution in [3.63, 3.8) is 0 Å². The molecule has 2 aromatic rings. The third-order valence-electron chi connectivity index (χ3n) is 4.46. The van der Waals surface area contributed by atoms with E-state index in [1.54, 1.807) is 0 Å². The maximum Gasteiger partial charge on any atom is 0.251 e. The highest BCUT2D eigenvalue weighted by molar-refractivity contribution is 5.98. The van der Waals surface area contributed by atoms with Gasteiger partial charge in [-0.25, -0.2) is 0 Å². The molecule has 1 aliphatic heterocycles. The van der Waals surface area contributed by atoms with Gasteiger partial charge < -0.3 is 10.6 Å². The highest BCUT2D eigenvalue weighted by Crippen LogP contribution is 2.18. The fourth-order valence-electron chi connectivity index (χ4n) is 3.08. The minimum absolute atomic E-state index is 0.0341. The minimum Gasteiger partial charge on any atom is -0.349 e. The fourth-order valence-corrected chi connectivity index (χ4v) is 3.08. The maximum absolute atomic E-state index is 12.4. The summed E-state index contributed by atoms with van der Waals surface area (Å²) >= 11 is 0. The first-order chi connectivity index (χ1) is 10.2. The molecule has 1 fully saturated rings. The molecule has 1 atom stereocenters. The second-order valence-electron chi connectivity index (χ2n) is 5.91. The molecule has 1 saturated heterocycles. The third-order valence-corrected chi connectivity index (χ3v) is 4.46. The number of carbonyl (C=O) groups is 1. The quantitative estimate of drug-likeness (QED) is 0.908. The largest absolute Gasteiger partial charge is 0.349 e. The molecule has 1 unspecified atom stereocenters. The molecule has 0 bridgehead atoms. The van der Waals surface area contributed by atoms with Gasteiger partial charge in [-0.1, -0.05) is 30.3 Å². The van der Waals surface area contributed by atoms with Gasteiger partial charge in [0.15, 0.2) is 0 Å². The number of hydrogen-bond acceptors (Lipinski definition) is 2. The van der Waals surface area contributed by atoms with E-state index in [0.29, 0.717) is 5.92 Å². The predicted molar refractivity (Wildman–Crippen MR) is 86.5 cm³/mol. The highest BCUT2D eigenvalue weighted by Gasteiger charge is 2.21. The van der Waals surface area contributed by atoms with E-state index in [9.17, 15) is 4.79 Å². The summed E-state index contributed by atoms with van der Waals surface area (Å²) in [6.45, 7) is 4.23. The molecule has 2 aromatic carbocycles. The van der Waals surface area contributed by atoms with Gasteiger partial charge in [-0.15, -0.1) is 0 Å². The molecule has 2 N–H and O–H groups in total. The second-order valence-corrected chi connectivity index (χ2v) is 5.91. The number of rotatable bonds is 3. The Kier molecular flexibility index (Phi) is 4.20. The number of hydrogen-bond donors (Lipinski definition) is 2. The van der Waals surface area contributed by atoms with E-state index in [-0.39, 0.29) is 11.9 Å². The van der Waals surface area contributed by atoms with E-state index < -0.39 is 0 Å². The first-order valence-corrected chi connectivity index (χ1v) is 7.74. The Balaban J connectivity index is 1.71. The lowest BCUT2D eigenvalue weighted by Gasteiger charge is -2.28. The lowest BCUT2D eigenvalue weighted by Crippen LogP contribution is -2.42. The van der Waals surface area contributed by atoms with Crippen LogP contribution in [-0.4, -0.2) is 25.0 Å². The zero-order valence-corrected chi connectivity index (χ0v) is 12.4.